The van der Waals surface area contributed by atoms with Crippen molar-refractivity contribution in [2.45, 2.75) is 123 Å². The van der Waals surface area contributed by atoms with Crippen LogP contribution in [0.15, 0.2) is 0 Å². The standard InChI is InChI=1S/C25H52N2O2/c1-24(2)18-15-13-11-9-7-5-3-4-6-8-10-12-14-16-19-25(29)27-21-17-20-26-22-23-28/h24,26,28H,3-23H2,1-2H3,(H,27,29). The number of hydrogen-bond donors (Lipinski definition) is 3. The Morgan fingerprint density at radius 2 is 1.14 bits per heavy atom. The van der Waals surface area contributed by atoms with Crippen LogP contribution >= 0.6 is 0 Å². The predicted octanol–water partition coefficient (Wildman–Crippen LogP) is 5.97. The summed E-state index contributed by atoms with van der Waals surface area (Å²) in [6.45, 7) is 7.03. The minimum atomic E-state index is 0.172. The number of aliphatic hydroxyl groups excluding tert-OH is 1. The first-order valence-corrected chi connectivity index (χ1v) is 12.7. The number of aliphatic hydroxyl groups is 1. The van der Waals surface area contributed by atoms with E-state index in [1.165, 1.54) is 89.9 Å². The molecule has 0 aliphatic heterocycles. The van der Waals surface area contributed by atoms with Crippen LogP contribution in [0.2, 0.25) is 0 Å². The van der Waals surface area contributed by atoms with Crippen LogP contribution in [-0.2, 0) is 4.79 Å². The van der Waals surface area contributed by atoms with E-state index in [4.69, 9.17) is 5.11 Å². The molecule has 0 aliphatic carbocycles. The highest BCUT2D eigenvalue weighted by Crippen LogP contribution is 2.14. The lowest BCUT2D eigenvalue weighted by Gasteiger charge is -2.06. The van der Waals surface area contributed by atoms with Gasteiger partial charge in [0.2, 0.25) is 5.91 Å². The topological polar surface area (TPSA) is 61.4 Å². The van der Waals surface area contributed by atoms with Crippen molar-refractivity contribution in [2.24, 2.45) is 5.92 Å². The fraction of sp³-hybridized carbons (Fsp3) is 0.960. The molecule has 0 saturated carbocycles. The Hall–Kier alpha value is -0.610. The van der Waals surface area contributed by atoms with Gasteiger partial charge in [-0.2, -0.15) is 0 Å². The maximum absolute atomic E-state index is 11.7. The van der Waals surface area contributed by atoms with Gasteiger partial charge in [0.1, 0.15) is 0 Å². The monoisotopic (exact) mass is 412 g/mol. The molecule has 0 aromatic carbocycles. The van der Waals surface area contributed by atoms with Gasteiger partial charge in [-0.15, -0.1) is 0 Å². The number of carbonyl (C=O) groups is 1. The first kappa shape index (κ1) is 28.4. The first-order chi connectivity index (χ1) is 14.2. The number of rotatable bonds is 23. The van der Waals surface area contributed by atoms with Gasteiger partial charge >= 0.3 is 0 Å². The van der Waals surface area contributed by atoms with Gasteiger partial charge in [0.25, 0.3) is 0 Å². The van der Waals surface area contributed by atoms with Crippen LogP contribution in [0, 0.1) is 5.92 Å². The van der Waals surface area contributed by atoms with Gasteiger partial charge in [-0.05, 0) is 25.3 Å². The summed E-state index contributed by atoms with van der Waals surface area (Å²) < 4.78 is 0. The molecule has 0 atom stereocenters. The second-order valence-electron chi connectivity index (χ2n) is 9.06. The molecule has 1 amide bonds. The van der Waals surface area contributed by atoms with E-state index in [-0.39, 0.29) is 12.5 Å². The van der Waals surface area contributed by atoms with Gasteiger partial charge in [-0.1, -0.05) is 104 Å². The average molecular weight is 413 g/mol. The molecule has 0 heterocycles. The number of carbonyl (C=O) groups excluding carboxylic acids is 1. The summed E-state index contributed by atoms with van der Waals surface area (Å²) in [6.07, 6.45) is 22.0. The van der Waals surface area contributed by atoms with Crippen LogP contribution in [0.5, 0.6) is 0 Å². The smallest absolute Gasteiger partial charge is 0.219 e. The Bertz CT molecular complexity index is 335. The van der Waals surface area contributed by atoms with Gasteiger partial charge in [-0.25, -0.2) is 0 Å². The van der Waals surface area contributed by atoms with E-state index in [9.17, 15) is 4.79 Å². The quantitative estimate of drug-likeness (QED) is 0.181. The van der Waals surface area contributed by atoms with Gasteiger partial charge in [0, 0.05) is 19.5 Å². The van der Waals surface area contributed by atoms with Crippen molar-refractivity contribution in [3.05, 3.63) is 0 Å². The van der Waals surface area contributed by atoms with E-state index in [2.05, 4.69) is 24.5 Å². The molecule has 4 heteroatoms. The molecule has 0 fully saturated rings. The number of nitrogens with one attached hydrogen (secondary N) is 2. The lowest BCUT2D eigenvalue weighted by molar-refractivity contribution is -0.121. The van der Waals surface area contributed by atoms with E-state index in [1.54, 1.807) is 0 Å². The van der Waals surface area contributed by atoms with E-state index in [0.717, 1.165) is 31.8 Å². The second-order valence-corrected chi connectivity index (χ2v) is 9.06. The van der Waals surface area contributed by atoms with E-state index >= 15 is 0 Å². The van der Waals surface area contributed by atoms with Crippen molar-refractivity contribution in [2.75, 3.05) is 26.2 Å². The van der Waals surface area contributed by atoms with Crippen LogP contribution in [0.25, 0.3) is 0 Å². The van der Waals surface area contributed by atoms with Crippen LogP contribution in [0.4, 0.5) is 0 Å². The maximum atomic E-state index is 11.7. The zero-order valence-electron chi connectivity index (χ0n) is 19.8. The molecule has 29 heavy (non-hydrogen) atoms. The molecule has 0 aromatic rings. The Morgan fingerprint density at radius 1 is 0.655 bits per heavy atom. The number of unbranched alkanes of at least 4 members (excludes halogenated alkanes) is 13. The molecule has 0 spiro atoms. The molecule has 0 aromatic heterocycles. The van der Waals surface area contributed by atoms with E-state index in [0.29, 0.717) is 13.0 Å². The molecule has 3 N–H and O–H groups in total. The van der Waals surface area contributed by atoms with Crippen molar-refractivity contribution >= 4 is 5.91 Å². The summed E-state index contributed by atoms with van der Waals surface area (Å²) >= 11 is 0. The molecule has 0 aliphatic rings. The van der Waals surface area contributed by atoms with Crippen molar-refractivity contribution in [1.29, 1.82) is 0 Å². The Kier molecular flexibility index (Phi) is 23.2. The van der Waals surface area contributed by atoms with Crippen molar-refractivity contribution in [3.63, 3.8) is 0 Å². The largest absolute Gasteiger partial charge is 0.395 e. The fourth-order valence-electron chi connectivity index (χ4n) is 3.69. The normalized spacial score (nSPS) is 11.3. The second kappa shape index (κ2) is 23.7. The molecule has 0 radical (unpaired) electrons. The van der Waals surface area contributed by atoms with Crippen LogP contribution in [0.1, 0.15) is 123 Å². The third kappa shape index (κ3) is 25.4. The predicted molar refractivity (Wildman–Crippen MR) is 126 cm³/mol. The molecule has 0 saturated heterocycles. The molecule has 0 unspecified atom stereocenters. The summed E-state index contributed by atoms with van der Waals surface area (Å²) in [5, 5.41) is 14.7. The molecule has 174 valence electrons. The zero-order chi connectivity index (χ0) is 21.4. The minimum absolute atomic E-state index is 0.172. The highest BCUT2D eigenvalue weighted by atomic mass is 16.3. The Labute approximate surface area is 182 Å². The molecule has 0 rings (SSSR count). The third-order valence-electron chi connectivity index (χ3n) is 5.58. The SMILES string of the molecule is CC(C)CCCCCCCCCCCCCCCCC(=O)NCCCNCCO. The minimum Gasteiger partial charge on any atom is -0.395 e. The Balaban J connectivity index is 3.12. The van der Waals surface area contributed by atoms with Gasteiger partial charge in [0.15, 0.2) is 0 Å². The molecule has 4 nitrogen and oxygen atoms in total. The lowest BCUT2D eigenvalue weighted by Crippen LogP contribution is -2.27. The fourth-order valence-corrected chi connectivity index (χ4v) is 3.69. The average Bonchev–Trinajstić information content (AvgIpc) is 2.70. The number of amides is 1. The lowest BCUT2D eigenvalue weighted by atomic mass is 10.0. The maximum Gasteiger partial charge on any atom is 0.219 e. The number of hydrogen-bond acceptors (Lipinski definition) is 3. The van der Waals surface area contributed by atoms with Gasteiger partial charge in [-0.3, -0.25) is 4.79 Å². The van der Waals surface area contributed by atoms with Crippen molar-refractivity contribution in [3.8, 4) is 0 Å². The first-order valence-electron chi connectivity index (χ1n) is 12.7. The Morgan fingerprint density at radius 3 is 1.62 bits per heavy atom. The highest BCUT2D eigenvalue weighted by Gasteiger charge is 2.00. The van der Waals surface area contributed by atoms with Crippen LogP contribution in [-0.4, -0.2) is 37.3 Å². The summed E-state index contributed by atoms with van der Waals surface area (Å²) in [6, 6.07) is 0. The highest BCUT2D eigenvalue weighted by molar-refractivity contribution is 5.75. The molecule has 0 bridgehead atoms. The molecular weight excluding hydrogens is 360 g/mol. The summed E-state index contributed by atoms with van der Waals surface area (Å²) in [7, 11) is 0. The van der Waals surface area contributed by atoms with Crippen LogP contribution < -0.4 is 10.6 Å². The van der Waals surface area contributed by atoms with E-state index < -0.39 is 0 Å². The van der Waals surface area contributed by atoms with Crippen molar-refractivity contribution in [1.82, 2.24) is 10.6 Å². The van der Waals surface area contributed by atoms with Crippen LogP contribution in [0.3, 0.4) is 0 Å². The summed E-state index contributed by atoms with van der Waals surface area (Å²) in [5.41, 5.74) is 0. The third-order valence-corrected chi connectivity index (χ3v) is 5.58. The van der Waals surface area contributed by atoms with Gasteiger partial charge < -0.3 is 15.7 Å². The van der Waals surface area contributed by atoms with Gasteiger partial charge in [0.05, 0.1) is 6.61 Å². The van der Waals surface area contributed by atoms with Crippen molar-refractivity contribution < 1.29 is 9.90 Å². The summed E-state index contributed by atoms with van der Waals surface area (Å²) in [5.74, 6) is 1.06. The molecular formula is C25H52N2O2. The zero-order valence-corrected chi connectivity index (χ0v) is 19.8. The summed E-state index contributed by atoms with van der Waals surface area (Å²) in [4.78, 5) is 11.7. The van der Waals surface area contributed by atoms with E-state index in [1.807, 2.05) is 0 Å².